The highest BCUT2D eigenvalue weighted by Gasteiger charge is 2.26. The summed E-state index contributed by atoms with van der Waals surface area (Å²) in [7, 11) is 0. The van der Waals surface area contributed by atoms with E-state index in [-0.39, 0.29) is 12.3 Å². The average molecular weight is 235 g/mol. The first kappa shape index (κ1) is 13.2. The molecule has 4 heteroatoms. The zero-order chi connectivity index (χ0) is 13.1. The largest absolute Gasteiger partial charge is 0.481 e. The summed E-state index contributed by atoms with van der Waals surface area (Å²) in [5.41, 5.74) is 6.40. The summed E-state index contributed by atoms with van der Waals surface area (Å²) in [6, 6.07) is 7.32. The van der Waals surface area contributed by atoms with E-state index in [1.54, 1.807) is 13.8 Å². The number of aliphatic carboxylic acids is 1. The fourth-order valence-electron chi connectivity index (χ4n) is 1.48. The lowest BCUT2D eigenvalue weighted by Crippen LogP contribution is -2.35. The molecule has 1 aromatic carbocycles. The Balaban J connectivity index is 2.81. The predicted molar refractivity (Wildman–Crippen MR) is 64.6 cm³/mol. The Kier molecular flexibility index (Phi) is 3.89. The van der Waals surface area contributed by atoms with Crippen LogP contribution in [0.1, 0.15) is 31.4 Å². The van der Waals surface area contributed by atoms with Crippen LogP contribution in [-0.2, 0) is 21.4 Å². The second kappa shape index (κ2) is 4.99. The third-order valence-corrected chi connectivity index (χ3v) is 2.92. The number of hydrogen-bond acceptors (Lipinski definition) is 2. The number of aryl methyl sites for hydroxylation is 1. The van der Waals surface area contributed by atoms with Crippen LogP contribution < -0.4 is 5.73 Å². The zero-order valence-electron chi connectivity index (χ0n) is 10.1. The molecule has 1 rings (SSSR count). The minimum absolute atomic E-state index is 0.110. The first-order valence-corrected chi connectivity index (χ1v) is 5.45. The molecule has 0 fully saturated rings. The van der Waals surface area contributed by atoms with E-state index < -0.39 is 11.4 Å². The SMILES string of the molecule is CC(C)(C(N)=O)c1ccc(CCC(=O)O)cc1. The lowest BCUT2D eigenvalue weighted by molar-refractivity contribution is -0.137. The number of carboxylic acid groups (broad SMARTS) is 1. The monoisotopic (exact) mass is 235 g/mol. The third kappa shape index (κ3) is 3.31. The zero-order valence-corrected chi connectivity index (χ0v) is 10.1. The molecule has 0 atom stereocenters. The maximum atomic E-state index is 11.3. The van der Waals surface area contributed by atoms with Gasteiger partial charge in [0, 0.05) is 6.42 Å². The molecule has 4 nitrogen and oxygen atoms in total. The van der Waals surface area contributed by atoms with E-state index in [2.05, 4.69) is 0 Å². The molecule has 0 bridgehead atoms. The van der Waals surface area contributed by atoms with Gasteiger partial charge in [0.25, 0.3) is 0 Å². The molecule has 92 valence electrons. The number of hydrogen-bond donors (Lipinski definition) is 2. The first-order chi connectivity index (χ1) is 7.84. The van der Waals surface area contributed by atoms with Gasteiger partial charge >= 0.3 is 5.97 Å². The van der Waals surface area contributed by atoms with Gasteiger partial charge in [0.1, 0.15) is 0 Å². The highest BCUT2D eigenvalue weighted by Crippen LogP contribution is 2.23. The van der Waals surface area contributed by atoms with Crippen molar-refractivity contribution >= 4 is 11.9 Å². The second-order valence-corrected chi connectivity index (χ2v) is 4.58. The fraction of sp³-hybridized carbons (Fsp3) is 0.385. The Bertz CT molecular complexity index is 421. The summed E-state index contributed by atoms with van der Waals surface area (Å²) in [4.78, 5) is 21.7. The maximum absolute atomic E-state index is 11.3. The molecular formula is C13H17NO3. The molecule has 0 aliphatic carbocycles. The van der Waals surface area contributed by atoms with E-state index in [9.17, 15) is 9.59 Å². The van der Waals surface area contributed by atoms with E-state index in [1.807, 2.05) is 24.3 Å². The van der Waals surface area contributed by atoms with E-state index in [4.69, 9.17) is 10.8 Å². The predicted octanol–water partition coefficient (Wildman–Crippen LogP) is 1.47. The van der Waals surface area contributed by atoms with Crippen molar-refractivity contribution in [1.82, 2.24) is 0 Å². The van der Waals surface area contributed by atoms with Crippen molar-refractivity contribution in [3.05, 3.63) is 35.4 Å². The number of primary amides is 1. The topological polar surface area (TPSA) is 80.4 Å². The molecule has 3 N–H and O–H groups in total. The van der Waals surface area contributed by atoms with Crippen LogP contribution in [-0.4, -0.2) is 17.0 Å². The first-order valence-electron chi connectivity index (χ1n) is 5.45. The molecule has 0 aromatic heterocycles. The molecule has 0 spiro atoms. The van der Waals surface area contributed by atoms with Crippen molar-refractivity contribution in [2.24, 2.45) is 5.73 Å². The van der Waals surface area contributed by atoms with Crippen LogP contribution in [0, 0.1) is 0 Å². The van der Waals surface area contributed by atoms with Gasteiger partial charge in [-0.1, -0.05) is 24.3 Å². The Hall–Kier alpha value is -1.84. The van der Waals surface area contributed by atoms with Crippen molar-refractivity contribution in [3.63, 3.8) is 0 Å². The van der Waals surface area contributed by atoms with Gasteiger partial charge in [0.2, 0.25) is 5.91 Å². The Morgan fingerprint density at radius 2 is 1.76 bits per heavy atom. The normalized spacial score (nSPS) is 11.2. The summed E-state index contributed by atoms with van der Waals surface area (Å²) in [5, 5.41) is 8.57. The number of amides is 1. The number of carbonyl (C=O) groups is 2. The molecule has 0 saturated heterocycles. The highest BCUT2D eigenvalue weighted by molar-refractivity contribution is 5.85. The minimum Gasteiger partial charge on any atom is -0.481 e. The van der Waals surface area contributed by atoms with E-state index in [0.717, 1.165) is 11.1 Å². The van der Waals surface area contributed by atoms with Crippen molar-refractivity contribution in [3.8, 4) is 0 Å². The van der Waals surface area contributed by atoms with Crippen LogP contribution in [0.4, 0.5) is 0 Å². The molecule has 0 radical (unpaired) electrons. The molecule has 0 aliphatic rings. The minimum atomic E-state index is -0.813. The van der Waals surface area contributed by atoms with Crippen LogP contribution in [0.3, 0.4) is 0 Å². The van der Waals surface area contributed by atoms with Crippen LogP contribution in [0.5, 0.6) is 0 Å². The van der Waals surface area contributed by atoms with Crippen molar-refractivity contribution in [2.45, 2.75) is 32.1 Å². The van der Waals surface area contributed by atoms with Crippen LogP contribution >= 0.6 is 0 Å². The lowest BCUT2D eigenvalue weighted by Gasteiger charge is -2.21. The van der Waals surface area contributed by atoms with Gasteiger partial charge in [-0.2, -0.15) is 0 Å². The molecular weight excluding hydrogens is 218 g/mol. The summed E-state index contributed by atoms with van der Waals surface area (Å²) < 4.78 is 0. The maximum Gasteiger partial charge on any atom is 0.303 e. The molecule has 1 aromatic rings. The van der Waals surface area contributed by atoms with E-state index in [1.165, 1.54) is 0 Å². The molecule has 1 amide bonds. The van der Waals surface area contributed by atoms with Gasteiger partial charge in [-0.15, -0.1) is 0 Å². The summed E-state index contributed by atoms with van der Waals surface area (Å²) in [6.45, 7) is 3.53. The fourth-order valence-corrected chi connectivity index (χ4v) is 1.48. The standard InChI is InChI=1S/C13H17NO3/c1-13(2,12(14)17)10-6-3-9(4-7-10)5-8-11(15)16/h3-4,6-7H,5,8H2,1-2H3,(H2,14,17)(H,15,16). The van der Waals surface area contributed by atoms with Crippen LogP contribution in [0.25, 0.3) is 0 Å². The third-order valence-electron chi connectivity index (χ3n) is 2.92. The summed E-state index contributed by atoms with van der Waals surface area (Å²) in [5.74, 6) is -1.19. The van der Waals surface area contributed by atoms with Crippen LogP contribution in [0.15, 0.2) is 24.3 Å². The number of nitrogens with two attached hydrogens (primary N) is 1. The average Bonchev–Trinajstić information content (AvgIpc) is 2.26. The van der Waals surface area contributed by atoms with E-state index in [0.29, 0.717) is 6.42 Å². The number of carboxylic acids is 1. The summed E-state index contributed by atoms with van der Waals surface area (Å²) in [6.07, 6.45) is 0.602. The van der Waals surface area contributed by atoms with Gasteiger partial charge in [-0.25, -0.2) is 0 Å². The molecule has 0 saturated carbocycles. The number of rotatable bonds is 5. The molecule has 0 heterocycles. The van der Waals surface area contributed by atoms with Gasteiger partial charge in [-0.3, -0.25) is 9.59 Å². The quantitative estimate of drug-likeness (QED) is 0.810. The van der Waals surface area contributed by atoms with Crippen molar-refractivity contribution in [2.75, 3.05) is 0 Å². The van der Waals surface area contributed by atoms with Crippen molar-refractivity contribution < 1.29 is 14.7 Å². The second-order valence-electron chi connectivity index (χ2n) is 4.58. The molecule has 17 heavy (non-hydrogen) atoms. The van der Waals surface area contributed by atoms with Gasteiger partial charge < -0.3 is 10.8 Å². The number of benzene rings is 1. The Morgan fingerprint density at radius 1 is 1.24 bits per heavy atom. The van der Waals surface area contributed by atoms with Gasteiger partial charge in [0.15, 0.2) is 0 Å². The van der Waals surface area contributed by atoms with Gasteiger partial charge in [-0.05, 0) is 31.4 Å². The van der Waals surface area contributed by atoms with E-state index >= 15 is 0 Å². The van der Waals surface area contributed by atoms with Crippen LogP contribution in [0.2, 0.25) is 0 Å². The Labute approximate surface area is 100 Å². The van der Waals surface area contributed by atoms with Crippen molar-refractivity contribution in [1.29, 1.82) is 0 Å². The highest BCUT2D eigenvalue weighted by atomic mass is 16.4. The number of carbonyl (C=O) groups excluding carboxylic acids is 1. The van der Waals surface area contributed by atoms with Gasteiger partial charge in [0.05, 0.1) is 5.41 Å². The summed E-state index contributed by atoms with van der Waals surface area (Å²) >= 11 is 0. The molecule has 0 unspecified atom stereocenters. The Morgan fingerprint density at radius 3 is 2.18 bits per heavy atom. The smallest absolute Gasteiger partial charge is 0.303 e. The molecule has 0 aliphatic heterocycles. The lowest BCUT2D eigenvalue weighted by atomic mass is 9.83.